The lowest BCUT2D eigenvalue weighted by Crippen LogP contribution is -2.56. The summed E-state index contributed by atoms with van der Waals surface area (Å²) in [4.78, 5) is 51.6. The Morgan fingerprint density at radius 2 is 1.21 bits per heavy atom. The van der Waals surface area contributed by atoms with Crippen LogP contribution in [-0.2, 0) is 35.0 Å². The third-order valence-corrected chi connectivity index (χ3v) is 5.29. The Kier molecular flexibility index (Phi) is 13.3. The highest BCUT2D eigenvalue weighted by atomic mass is 35.5. The average Bonchev–Trinajstić information content (AvgIpc) is 2.78. The number of ether oxygens (including phenoxy) is 4. The lowest BCUT2D eigenvalue weighted by Gasteiger charge is -2.28. The molecule has 0 radical (unpaired) electrons. The lowest BCUT2D eigenvalue weighted by molar-refractivity contribution is -0.161. The van der Waals surface area contributed by atoms with Crippen molar-refractivity contribution >= 4 is 35.5 Å². The molecule has 0 unspecified atom stereocenters. The van der Waals surface area contributed by atoms with Gasteiger partial charge in [-0.05, 0) is 101 Å². The highest BCUT2D eigenvalue weighted by Crippen LogP contribution is 2.19. The second kappa shape index (κ2) is 15.1. The van der Waals surface area contributed by atoms with Crippen LogP contribution >= 0.6 is 11.6 Å². The van der Waals surface area contributed by atoms with Crippen LogP contribution in [0.25, 0.3) is 0 Å². The Morgan fingerprint density at radius 1 is 0.674 bits per heavy atom. The molecule has 3 amide bonds. The molecule has 0 saturated carbocycles. The van der Waals surface area contributed by atoms with E-state index in [1.165, 1.54) is 0 Å². The SMILES string of the molecule is CC(C)(C)OC[C@H](NC(=O)[C@H](Cl)NC(=O)[C@H](Cc1ccc(OC(C)(C)C)cc1)NC(=O)OC(C)(C)C)C(=O)OC(C)(C)C. The van der Waals surface area contributed by atoms with Crippen molar-refractivity contribution in [1.82, 2.24) is 16.0 Å². The number of nitrogens with one attached hydrogen (secondary N) is 3. The van der Waals surface area contributed by atoms with Gasteiger partial charge in [0.1, 0.15) is 28.6 Å². The number of hydrogen-bond acceptors (Lipinski definition) is 8. The predicted octanol–water partition coefficient (Wildman–Crippen LogP) is 4.62. The molecular weight excluding hydrogens is 578 g/mol. The molecule has 12 heteroatoms. The Morgan fingerprint density at radius 3 is 1.67 bits per heavy atom. The summed E-state index contributed by atoms with van der Waals surface area (Å²) in [6.45, 7) is 21.2. The van der Waals surface area contributed by atoms with Crippen molar-refractivity contribution in [3.05, 3.63) is 29.8 Å². The highest BCUT2D eigenvalue weighted by Gasteiger charge is 2.32. The Labute approximate surface area is 261 Å². The summed E-state index contributed by atoms with van der Waals surface area (Å²) in [7, 11) is 0. The molecule has 0 aliphatic carbocycles. The van der Waals surface area contributed by atoms with Crippen molar-refractivity contribution in [2.24, 2.45) is 0 Å². The molecule has 1 aromatic carbocycles. The van der Waals surface area contributed by atoms with Gasteiger partial charge in [-0.15, -0.1) is 0 Å². The molecule has 3 N–H and O–H groups in total. The second-order valence-corrected chi connectivity index (χ2v) is 14.6. The van der Waals surface area contributed by atoms with Crippen LogP contribution < -0.4 is 20.7 Å². The summed E-state index contributed by atoms with van der Waals surface area (Å²) in [5.74, 6) is -1.67. The van der Waals surface area contributed by atoms with E-state index in [-0.39, 0.29) is 18.6 Å². The molecule has 11 nitrogen and oxygen atoms in total. The van der Waals surface area contributed by atoms with Gasteiger partial charge in [-0.2, -0.15) is 0 Å². The van der Waals surface area contributed by atoms with E-state index in [4.69, 9.17) is 30.5 Å². The van der Waals surface area contributed by atoms with Crippen LogP contribution in [0.3, 0.4) is 0 Å². The van der Waals surface area contributed by atoms with Crippen LogP contribution in [0.2, 0.25) is 0 Å². The van der Waals surface area contributed by atoms with E-state index in [9.17, 15) is 19.2 Å². The monoisotopic (exact) mass is 627 g/mol. The van der Waals surface area contributed by atoms with Gasteiger partial charge in [-0.25, -0.2) is 9.59 Å². The van der Waals surface area contributed by atoms with Crippen LogP contribution in [0.15, 0.2) is 24.3 Å². The van der Waals surface area contributed by atoms with Crippen LogP contribution in [0.5, 0.6) is 5.75 Å². The highest BCUT2D eigenvalue weighted by molar-refractivity contribution is 6.31. The molecule has 0 heterocycles. The third-order valence-electron chi connectivity index (χ3n) is 4.98. The number of benzene rings is 1. The number of alkyl carbamates (subject to hydrolysis) is 1. The fraction of sp³-hybridized carbons (Fsp3) is 0.677. The van der Waals surface area contributed by atoms with E-state index < -0.39 is 58.3 Å². The maximum absolute atomic E-state index is 13.3. The molecular formula is C31H50ClN3O8. The van der Waals surface area contributed by atoms with Crippen LogP contribution in [0, 0.1) is 0 Å². The van der Waals surface area contributed by atoms with Crippen molar-refractivity contribution in [2.45, 2.75) is 129 Å². The number of amides is 3. The van der Waals surface area contributed by atoms with E-state index >= 15 is 0 Å². The number of rotatable bonds is 11. The number of carbonyl (C=O) groups is 4. The van der Waals surface area contributed by atoms with E-state index in [0.717, 1.165) is 0 Å². The Bertz CT molecular complexity index is 1100. The number of hydrogen-bond donors (Lipinski definition) is 3. The summed E-state index contributed by atoms with van der Waals surface area (Å²) < 4.78 is 22.3. The Balaban J connectivity index is 3.08. The van der Waals surface area contributed by atoms with E-state index in [1.54, 1.807) is 86.6 Å². The second-order valence-electron chi connectivity index (χ2n) is 14.2. The molecule has 43 heavy (non-hydrogen) atoms. The topological polar surface area (TPSA) is 141 Å². The zero-order valence-corrected chi connectivity index (χ0v) is 28.4. The first-order chi connectivity index (χ1) is 19.3. The van der Waals surface area contributed by atoms with Crippen LogP contribution in [-0.4, -0.2) is 70.5 Å². The molecule has 0 fully saturated rings. The van der Waals surface area contributed by atoms with Gasteiger partial charge in [0, 0.05) is 6.42 Å². The number of halogens is 1. The zero-order valence-electron chi connectivity index (χ0n) is 27.6. The number of esters is 1. The van der Waals surface area contributed by atoms with Crippen molar-refractivity contribution in [3.8, 4) is 5.75 Å². The van der Waals surface area contributed by atoms with Gasteiger partial charge in [-0.3, -0.25) is 9.59 Å². The van der Waals surface area contributed by atoms with Crippen LogP contribution in [0.1, 0.15) is 88.6 Å². The molecule has 244 valence electrons. The lowest BCUT2D eigenvalue weighted by atomic mass is 10.0. The summed E-state index contributed by atoms with van der Waals surface area (Å²) in [5, 5.41) is 7.45. The molecule has 1 rings (SSSR count). The van der Waals surface area contributed by atoms with Crippen molar-refractivity contribution in [2.75, 3.05) is 6.61 Å². The van der Waals surface area contributed by atoms with Crippen molar-refractivity contribution < 1.29 is 38.1 Å². The maximum atomic E-state index is 13.3. The minimum absolute atomic E-state index is 0.0616. The van der Waals surface area contributed by atoms with Gasteiger partial charge in [0.2, 0.25) is 5.91 Å². The van der Waals surface area contributed by atoms with Crippen molar-refractivity contribution in [1.29, 1.82) is 0 Å². The fourth-order valence-corrected chi connectivity index (χ4v) is 3.52. The largest absolute Gasteiger partial charge is 0.488 e. The number of alkyl halides is 1. The first-order valence-electron chi connectivity index (χ1n) is 14.2. The molecule has 0 spiro atoms. The minimum atomic E-state index is -1.59. The minimum Gasteiger partial charge on any atom is -0.488 e. The summed E-state index contributed by atoms with van der Waals surface area (Å²) in [6, 6.07) is 4.72. The first-order valence-corrected chi connectivity index (χ1v) is 14.7. The summed E-state index contributed by atoms with van der Waals surface area (Å²) >= 11 is 6.27. The van der Waals surface area contributed by atoms with Crippen molar-refractivity contribution in [3.63, 3.8) is 0 Å². The van der Waals surface area contributed by atoms with Gasteiger partial charge < -0.3 is 34.9 Å². The number of carbonyl (C=O) groups excluding carboxylic acids is 4. The van der Waals surface area contributed by atoms with Crippen LogP contribution in [0.4, 0.5) is 4.79 Å². The molecule has 0 aliphatic rings. The van der Waals surface area contributed by atoms with E-state index in [2.05, 4.69) is 16.0 Å². The maximum Gasteiger partial charge on any atom is 0.408 e. The molecule has 0 saturated heterocycles. The molecule has 0 aromatic heterocycles. The van der Waals surface area contributed by atoms with Gasteiger partial charge >= 0.3 is 12.1 Å². The smallest absolute Gasteiger partial charge is 0.408 e. The summed E-state index contributed by atoms with van der Waals surface area (Å²) in [5.41, 5.74) is -3.49. The first kappa shape index (κ1) is 38.0. The van der Waals surface area contributed by atoms with Gasteiger partial charge in [0.25, 0.3) is 5.91 Å². The normalized spacial score (nSPS) is 14.5. The zero-order chi connectivity index (χ0) is 33.4. The van der Waals surface area contributed by atoms with Gasteiger partial charge in [0.05, 0.1) is 12.2 Å². The quantitative estimate of drug-likeness (QED) is 0.183. The van der Waals surface area contributed by atoms with E-state index in [0.29, 0.717) is 11.3 Å². The molecule has 0 bridgehead atoms. The van der Waals surface area contributed by atoms with E-state index in [1.807, 2.05) is 20.8 Å². The molecule has 1 aromatic rings. The fourth-order valence-electron chi connectivity index (χ4n) is 3.35. The molecule has 3 atom stereocenters. The third kappa shape index (κ3) is 17.0. The van der Waals surface area contributed by atoms with Gasteiger partial charge in [-0.1, -0.05) is 23.7 Å². The standard InChI is InChI=1S/C31H50ClN3O8/c1-28(2,3)40-18-22(26(38)42-30(7,8)9)33-25(37)23(32)35-24(36)21(34-27(39)43-31(10,11)12)17-19-13-15-20(16-14-19)41-29(4,5)6/h13-16,21-23H,17-18H2,1-12H3,(H,33,37)(H,34,39)(H,35,36)/t21-,22-,23+/m0/s1. The van der Waals surface area contributed by atoms with Gasteiger partial charge in [0.15, 0.2) is 11.5 Å². The predicted molar refractivity (Wildman–Crippen MR) is 165 cm³/mol. The Hall–Kier alpha value is -3.05. The summed E-state index contributed by atoms with van der Waals surface area (Å²) in [6.07, 6.45) is -0.758. The average molecular weight is 628 g/mol. The molecule has 0 aliphatic heterocycles.